The van der Waals surface area contributed by atoms with Gasteiger partial charge in [-0.15, -0.1) is 0 Å². The smallest absolute Gasteiger partial charge is 0.324 e. The van der Waals surface area contributed by atoms with Gasteiger partial charge in [-0.1, -0.05) is 70.4 Å². The third kappa shape index (κ3) is 19.2. The number of hydrogen-bond donors (Lipinski definition) is 2. The first-order valence-corrected chi connectivity index (χ1v) is 10.1. The van der Waals surface area contributed by atoms with E-state index in [-0.39, 0.29) is 5.97 Å². The van der Waals surface area contributed by atoms with Crippen molar-refractivity contribution in [2.75, 3.05) is 13.1 Å². The zero-order valence-electron chi connectivity index (χ0n) is 15.9. The van der Waals surface area contributed by atoms with Crippen LogP contribution < -0.4 is 11.2 Å². The van der Waals surface area contributed by atoms with Crippen molar-refractivity contribution in [2.24, 2.45) is 5.73 Å². The fraction of sp³-hybridized carbons (Fsp3) is 0.850. The standard InChI is InChI=1S/C20H40N2O2/c1-2-3-4-5-6-7-8-9-10-11-12-13-14-15-16-17-20(23)24-22-19-18-21/h9-10,22H,2-8,11-19,21H2,1H3/b10-9-. The predicted octanol–water partition coefficient (Wildman–Crippen LogP) is 5.03. The lowest BCUT2D eigenvalue weighted by atomic mass is 10.1. The summed E-state index contributed by atoms with van der Waals surface area (Å²) in [6.07, 6.45) is 21.6. The van der Waals surface area contributed by atoms with Gasteiger partial charge >= 0.3 is 5.97 Å². The van der Waals surface area contributed by atoms with Gasteiger partial charge in [-0.2, -0.15) is 5.48 Å². The average Bonchev–Trinajstić information content (AvgIpc) is 2.58. The molecule has 0 bridgehead atoms. The number of hydroxylamine groups is 1. The normalized spacial score (nSPS) is 11.2. The van der Waals surface area contributed by atoms with Gasteiger partial charge in [0.15, 0.2) is 0 Å². The van der Waals surface area contributed by atoms with Crippen molar-refractivity contribution in [3.05, 3.63) is 12.2 Å². The first kappa shape index (κ1) is 23.1. The Bertz CT molecular complexity index is 293. The van der Waals surface area contributed by atoms with E-state index in [0.29, 0.717) is 19.5 Å². The maximum atomic E-state index is 11.3. The summed E-state index contributed by atoms with van der Waals surface area (Å²) in [6.45, 7) is 3.25. The molecule has 0 amide bonds. The molecular formula is C20H40N2O2. The zero-order chi connectivity index (χ0) is 17.7. The molecule has 0 aromatic heterocycles. The summed E-state index contributed by atoms with van der Waals surface area (Å²) >= 11 is 0. The number of carbonyl (C=O) groups excluding carboxylic acids is 1. The number of carbonyl (C=O) groups is 1. The highest BCUT2D eigenvalue weighted by Crippen LogP contribution is 2.10. The fourth-order valence-corrected chi connectivity index (χ4v) is 2.58. The molecule has 0 aromatic carbocycles. The lowest BCUT2D eigenvalue weighted by Crippen LogP contribution is -2.25. The Morgan fingerprint density at radius 1 is 0.875 bits per heavy atom. The lowest BCUT2D eigenvalue weighted by molar-refractivity contribution is -0.151. The van der Waals surface area contributed by atoms with Crippen molar-refractivity contribution in [2.45, 2.75) is 96.8 Å². The number of unbranched alkanes of at least 4 members (excludes halogenated alkanes) is 11. The van der Waals surface area contributed by atoms with E-state index in [1.807, 2.05) is 0 Å². The molecule has 0 aliphatic rings. The van der Waals surface area contributed by atoms with E-state index in [2.05, 4.69) is 24.6 Å². The van der Waals surface area contributed by atoms with E-state index in [0.717, 1.165) is 12.8 Å². The molecule has 142 valence electrons. The zero-order valence-corrected chi connectivity index (χ0v) is 15.9. The van der Waals surface area contributed by atoms with E-state index < -0.39 is 0 Å². The number of nitrogens with one attached hydrogen (secondary N) is 1. The van der Waals surface area contributed by atoms with Crippen LogP contribution in [0.15, 0.2) is 12.2 Å². The van der Waals surface area contributed by atoms with Crippen LogP contribution in [0.1, 0.15) is 96.8 Å². The van der Waals surface area contributed by atoms with Gasteiger partial charge in [0.25, 0.3) is 0 Å². The summed E-state index contributed by atoms with van der Waals surface area (Å²) in [5, 5.41) is 0. The predicted molar refractivity (Wildman–Crippen MR) is 103 cm³/mol. The maximum Gasteiger partial charge on any atom is 0.324 e. The van der Waals surface area contributed by atoms with Crippen LogP contribution in [0.3, 0.4) is 0 Å². The maximum absolute atomic E-state index is 11.3. The van der Waals surface area contributed by atoms with Crippen molar-refractivity contribution in [1.29, 1.82) is 0 Å². The summed E-state index contributed by atoms with van der Waals surface area (Å²) in [7, 11) is 0. The molecule has 0 rings (SSSR count). The molecule has 0 saturated carbocycles. The summed E-state index contributed by atoms with van der Waals surface area (Å²) < 4.78 is 0. The van der Waals surface area contributed by atoms with Crippen molar-refractivity contribution in [1.82, 2.24) is 5.48 Å². The number of rotatable bonds is 18. The van der Waals surface area contributed by atoms with Crippen molar-refractivity contribution in [3.63, 3.8) is 0 Å². The lowest BCUT2D eigenvalue weighted by Gasteiger charge is -2.04. The Balaban J connectivity index is 3.16. The van der Waals surface area contributed by atoms with E-state index >= 15 is 0 Å². The second-order valence-corrected chi connectivity index (χ2v) is 6.49. The highest BCUT2D eigenvalue weighted by molar-refractivity contribution is 5.68. The second kappa shape index (κ2) is 20.2. The minimum atomic E-state index is -0.180. The Kier molecular flexibility index (Phi) is 19.4. The molecular weight excluding hydrogens is 300 g/mol. The first-order valence-electron chi connectivity index (χ1n) is 10.1. The quantitative estimate of drug-likeness (QED) is 0.209. The van der Waals surface area contributed by atoms with E-state index in [9.17, 15) is 4.79 Å². The molecule has 0 atom stereocenters. The molecule has 0 spiro atoms. The van der Waals surface area contributed by atoms with Crippen LogP contribution in [0.5, 0.6) is 0 Å². The third-order valence-electron chi connectivity index (χ3n) is 4.08. The molecule has 0 aliphatic heterocycles. The van der Waals surface area contributed by atoms with Crippen molar-refractivity contribution in [3.8, 4) is 0 Å². The fourth-order valence-electron chi connectivity index (χ4n) is 2.58. The van der Waals surface area contributed by atoms with Gasteiger partial charge in [0.1, 0.15) is 0 Å². The molecule has 0 heterocycles. The first-order chi connectivity index (χ1) is 11.8. The van der Waals surface area contributed by atoms with Crippen molar-refractivity contribution >= 4 is 5.97 Å². The number of hydrogen-bond acceptors (Lipinski definition) is 4. The van der Waals surface area contributed by atoms with Gasteiger partial charge in [0.05, 0.1) is 0 Å². The molecule has 0 radical (unpaired) electrons. The average molecular weight is 341 g/mol. The SMILES string of the molecule is CCCCCCCC/C=C\CCCCCCCC(=O)ONCCN. The largest absolute Gasteiger partial charge is 0.371 e. The molecule has 0 aliphatic carbocycles. The summed E-state index contributed by atoms with van der Waals surface area (Å²) in [5.41, 5.74) is 7.85. The molecule has 4 nitrogen and oxygen atoms in total. The van der Waals surface area contributed by atoms with Crippen LogP contribution in [0.4, 0.5) is 0 Å². The Morgan fingerprint density at radius 3 is 2.00 bits per heavy atom. The molecule has 24 heavy (non-hydrogen) atoms. The minimum Gasteiger partial charge on any atom is -0.371 e. The molecule has 0 saturated heterocycles. The molecule has 0 fully saturated rings. The van der Waals surface area contributed by atoms with Crippen LogP contribution in [0.25, 0.3) is 0 Å². The van der Waals surface area contributed by atoms with E-state index in [1.165, 1.54) is 70.6 Å². The monoisotopic (exact) mass is 340 g/mol. The minimum absolute atomic E-state index is 0.180. The highest BCUT2D eigenvalue weighted by atomic mass is 16.7. The highest BCUT2D eigenvalue weighted by Gasteiger charge is 2.01. The topological polar surface area (TPSA) is 64.3 Å². The summed E-state index contributed by atoms with van der Waals surface area (Å²) in [6, 6.07) is 0. The Labute approximate surface area is 149 Å². The number of allylic oxidation sites excluding steroid dienone is 2. The van der Waals surface area contributed by atoms with Crippen LogP contribution in [-0.2, 0) is 9.63 Å². The summed E-state index contributed by atoms with van der Waals surface area (Å²) in [5.74, 6) is -0.180. The van der Waals surface area contributed by atoms with Crippen LogP contribution in [0, 0.1) is 0 Å². The Morgan fingerprint density at radius 2 is 1.42 bits per heavy atom. The third-order valence-corrected chi connectivity index (χ3v) is 4.08. The van der Waals surface area contributed by atoms with Crippen LogP contribution in [0.2, 0.25) is 0 Å². The van der Waals surface area contributed by atoms with E-state index in [4.69, 9.17) is 10.6 Å². The van der Waals surface area contributed by atoms with Crippen molar-refractivity contribution < 1.29 is 9.63 Å². The molecule has 0 aromatic rings. The molecule has 3 N–H and O–H groups in total. The summed E-state index contributed by atoms with van der Waals surface area (Å²) in [4.78, 5) is 16.1. The van der Waals surface area contributed by atoms with Gasteiger partial charge in [-0.05, 0) is 32.1 Å². The van der Waals surface area contributed by atoms with Gasteiger partial charge < -0.3 is 10.6 Å². The van der Waals surface area contributed by atoms with E-state index in [1.54, 1.807) is 0 Å². The van der Waals surface area contributed by atoms with Crippen LogP contribution >= 0.6 is 0 Å². The van der Waals surface area contributed by atoms with Gasteiger partial charge in [-0.3, -0.25) is 4.79 Å². The van der Waals surface area contributed by atoms with Gasteiger partial charge in [0, 0.05) is 19.5 Å². The van der Waals surface area contributed by atoms with Crippen LogP contribution in [-0.4, -0.2) is 19.1 Å². The molecule has 4 heteroatoms. The Hall–Kier alpha value is -0.870. The van der Waals surface area contributed by atoms with Gasteiger partial charge in [-0.25, -0.2) is 0 Å². The van der Waals surface area contributed by atoms with Gasteiger partial charge in [0.2, 0.25) is 0 Å². The molecule has 0 unspecified atom stereocenters. The number of nitrogens with two attached hydrogens (primary N) is 1. The second-order valence-electron chi connectivity index (χ2n) is 6.49.